The minimum Gasteiger partial charge on any atom is -0.449 e. The Morgan fingerprint density at radius 3 is 2.32 bits per heavy atom. The lowest BCUT2D eigenvalue weighted by atomic mass is 10.2. The van der Waals surface area contributed by atoms with Crippen molar-refractivity contribution in [3.05, 3.63) is 95.5 Å². The van der Waals surface area contributed by atoms with Gasteiger partial charge in [0.15, 0.2) is 11.0 Å². The van der Waals surface area contributed by atoms with Gasteiger partial charge in [-0.3, -0.25) is 9.36 Å². The van der Waals surface area contributed by atoms with Crippen LogP contribution >= 0.6 is 23.4 Å². The molecule has 2 heterocycles. The number of thioether (sulfide) groups is 1. The number of hydrogen-bond acceptors (Lipinski definition) is 6. The van der Waals surface area contributed by atoms with Gasteiger partial charge in [-0.15, -0.1) is 15.3 Å². The number of rotatable bonds is 6. The van der Waals surface area contributed by atoms with Crippen molar-refractivity contribution < 1.29 is 9.53 Å². The van der Waals surface area contributed by atoms with Crippen LogP contribution in [0.1, 0.15) is 18.7 Å². The minimum absolute atomic E-state index is 0.209. The van der Waals surface area contributed by atoms with Crippen LogP contribution in [0.15, 0.2) is 95.2 Å². The first-order valence-electron chi connectivity index (χ1n) is 10.6. The molecule has 170 valence electrons. The van der Waals surface area contributed by atoms with Crippen molar-refractivity contribution in [2.24, 2.45) is 5.10 Å². The molecule has 0 bridgehead atoms. The number of hydrogen-bond donors (Lipinski definition) is 0. The summed E-state index contributed by atoms with van der Waals surface area (Å²) in [5, 5.41) is 16.0. The molecule has 1 aliphatic heterocycles. The van der Waals surface area contributed by atoms with Crippen molar-refractivity contribution in [1.29, 1.82) is 0 Å². The molecule has 0 saturated carbocycles. The smallest absolute Gasteiger partial charge is 0.243 e. The zero-order valence-electron chi connectivity index (χ0n) is 18.2. The maximum absolute atomic E-state index is 12.2. The van der Waals surface area contributed by atoms with Crippen LogP contribution in [0.2, 0.25) is 5.02 Å². The first kappa shape index (κ1) is 22.2. The highest BCUT2D eigenvalue weighted by atomic mass is 35.5. The van der Waals surface area contributed by atoms with E-state index in [-0.39, 0.29) is 5.91 Å². The van der Waals surface area contributed by atoms with E-state index in [1.54, 1.807) is 12.1 Å². The van der Waals surface area contributed by atoms with Gasteiger partial charge in [0.1, 0.15) is 0 Å². The number of para-hydroxylation sites is 1. The van der Waals surface area contributed by atoms with Gasteiger partial charge >= 0.3 is 0 Å². The number of ether oxygens (including phenoxy) is 1. The fourth-order valence-corrected chi connectivity index (χ4v) is 4.51. The maximum Gasteiger partial charge on any atom is 0.243 e. The van der Waals surface area contributed by atoms with Gasteiger partial charge in [-0.2, -0.15) is 5.01 Å². The summed E-state index contributed by atoms with van der Waals surface area (Å²) in [7, 11) is 0. The molecule has 5 rings (SSSR count). The third-order valence-corrected chi connectivity index (χ3v) is 6.34. The van der Waals surface area contributed by atoms with Gasteiger partial charge in [0.2, 0.25) is 18.0 Å². The van der Waals surface area contributed by atoms with Crippen LogP contribution in [-0.4, -0.2) is 37.3 Å². The maximum atomic E-state index is 12.2. The Kier molecular flexibility index (Phi) is 6.33. The van der Waals surface area contributed by atoms with Crippen molar-refractivity contribution in [2.75, 3.05) is 5.75 Å². The zero-order valence-corrected chi connectivity index (χ0v) is 19.8. The molecule has 0 saturated heterocycles. The normalized spacial score (nSPS) is 15.2. The average Bonchev–Trinajstić information content (AvgIpc) is 3.49. The number of nitrogens with zero attached hydrogens (tertiary/aromatic N) is 5. The van der Waals surface area contributed by atoms with E-state index in [0.29, 0.717) is 21.8 Å². The van der Waals surface area contributed by atoms with Gasteiger partial charge in [-0.05, 0) is 24.3 Å². The van der Waals surface area contributed by atoms with Gasteiger partial charge in [-0.25, -0.2) is 0 Å². The highest BCUT2D eigenvalue weighted by Crippen LogP contribution is 2.32. The summed E-state index contributed by atoms with van der Waals surface area (Å²) in [6, 6.07) is 27.0. The van der Waals surface area contributed by atoms with Crippen LogP contribution in [0.4, 0.5) is 0 Å². The molecule has 3 aromatic carbocycles. The molecule has 7 nitrogen and oxygen atoms in total. The van der Waals surface area contributed by atoms with Crippen molar-refractivity contribution in [1.82, 2.24) is 19.8 Å². The Labute approximate surface area is 206 Å². The second kappa shape index (κ2) is 9.70. The minimum atomic E-state index is -0.628. The molecule has 4 aromatic rings. The molecule has 1 aliphatic rings. The number of benzene rings is 3. The SMILES string of the molecule is CC(=O)N1N=C(CSc2nnc(-c3ccccc3)n2-c2ccccc2)OC1c1ccc(Cl)cc1. The number of halogens is 1. The summed E-state index contributed by atoms with van der Waals surface area (Å²) in [4.78, 5) is 12.2. The van der Waals surface area contributed by atoms with Gasteiger partial charge in [-0.1, -0.05) is 84.0 Å². The molecule has 0 aliphatic carbocycles. The van der Waals surface area contributed by atoms with Gasteiger partial charge in [0.05, 0.1) is 5.75 Å². The summed E-state index contributed by atoms with van der Waals surface area (Å²) in [6.45, 7) is 1.46. The number of carbonyl (C=O) groups excluding carboxylic acids is 1. The number of carbonyl (C=O) groups is 1. The molecule has 0 radical (unpaired) electrons. The fraction of sp³-hybridized carbons (Fsp3) is 0.120. The fourth-order valence-electron chi connectivity index (χ4n) is 3.58. The molecule has 0 fully saturated rings. The lowest BCUT2D eigenvalue weighted by Gasteiger charge is -2.19. The topological polar surface area (TPSA) is 72.6 Å². The van der Waals surface area contributed by atoms with E-state index in [2.05, 4.69) is 15.3 Å². The lowest BCUT2D eigenvalue weighted by molar-refractivity contribution is -0.135. The zero-order chi connectivity index (χ0) is 23.5. The predicted octanol–water partition coefficient (Wildman–Crippen LogP) is 5.57. The summed E-state index contributed by atoms with van der Waals surface area (Å²) in [6.07, 6.45) is -0.628. The number of amides is 1. The molecule has 0 spiro atoms. The molecule has 1 amide bonds. The Morgan fingerprint density at radius 1 is 0.971 bits per heavy atom. The Balaban J connectivity index is 1.41. The number of hydrazone groups is 1. The Morgan fingerprint density at radius 2 is 1.65 bits per heavy atom. The first-order valence-corrected chi connectivity index (χ1v) is 11.9. The van der Waals surface area contributed by atoms with E-state index in [9.17, 15) is 4.79 Å². The first-order chi connectivity index (χ1) is 16.6. The summed E-state index contributed by atoms with van der Waals surface area (Å²) in [5.41, 5.74) is 2.71. The van der Waals surface area contributed by atoms with E-state index in [4.69, 9.17) is 16.3 Å². The summed E-state index contributed by atoms with van der Waals surface area (Å²) >= 11 is 7.45. The third-order valence-electron chi connectivity index (χ3n) is 5.17. The molecule has 1 atom stereocenters. The molecule has 34 heavy (non-hydrogen) atoms. The lowest BCUT2D eigenvalue weighted by Crippen LogP contribution is -2.25. The third kappa shape index (κ3) is 4.55. The molecule has 1 unspecified atom stereocenters. The Hall–Kier alpha value is -3.62. The van der Waals surface area contributed by atoms with Crippen molar-refractivity contribution in [3.8, 4) is 17.1 Å². The highest BCUT2D eigenvalue weighted by molar-refractivity contribution is 7.99. The number of aromatic nitrogens is 3. The highest BCUT2D eigenvalue weighted by Gasteiger charge is 2.32. The van der Waals surface area contributed by atoms with Gasteiger partial charge < -0.3 is 4.74 Å². The van der Waals surface area contributed by atoms with Crippen LogP contribution in [0.5, 0.6) is 0 Å². The van der Waals surface area contributed by atoms with Crippen LogP contribution in [0, 0.1) is 0 Å². The van der Waals surface area contributed by atoms with Crippen LogP contribution in [0.25, 0.3) is 17.1 Å². The molecule has 9 heteroatoms. The summed E-state index contributed by atoms with van der Waals surface area (Å²) in [5.74, 6) is 1.35. The van der Waals surface area contributed by atoms with Crippen LogP contribution in [0.3, 0.4) is 0 Å². The van der Waals surface area contributed by atoms with Crippen molar-refractivity contribution in [2.45, 2.75) is 18.3 Å². The van der Waals surface area contributed by atoms with Gasteiger partial charge in [0.25, 0.3) is 0 Å². The molecule has 1 aromatic heterocycles. The monoisotopic (exact) mass is 489 g/mol. The molecular weight excluding hydrogens is 470 g/mol. The van der Waals surface area contributed by atoms with E-state index >= 15 is 0 Å². The van der Waals surface area contributed by atoms with Crippen molar-refractivity contribution in [3.63, 3.8) is 0 Å². The van der Waals surface area contributed by atoms with E-state index in [1.807, 2.05) is 77.4 Å². The Bertz CT molecular complexity index is 1330. The second-order valence-corrected chi connectivity index (χ2v) is 8.89. The van der Waals surface area contributed by atoms with E-state index in [0.717, 1.165) is 22.6 Å². The van der Waals surface area contributed by atoms with E-state index < -0.39 is 6.23 Å². The largest absolute Gasteiger partial charge is 0.449 e. The predicted molar refractivity (Wildman–Crippen MR) is 133 cm³/mol. The van der Waals surface area contributed by atoms with Gasteiger partial charge in [0, 0.05) is 28.8 Å². The molecular formula is C25H20ClN5O2S. The van der Waals surface area contributed by atoms with Crippen LogP contribution < -0.4 is 0 Å². The standard InChI is InChI=1S/C25H20ClN5O2S/c1-17(32)31-24(19-12-14-20(26)15-13-19)33-22(29-31)16-34-25-28-27-23(18-8-4-2-5-9-18)30(25)21-10-6-3-7-11-21/h2-15,24H,16H2,1H3. The summed E-state index contributed by atoms with van der Waals surface area (Å²) < 4.78 is 8.06. The van der Waals surface area contributed by atoms with Crippen LogP contribution in [-0.2, 0) is 9.53 Å². The van der Waals surface area contributed by atoms with E-state index in [1.165, 1.54) is 23.7 Å². The second-order valence-electron chi connectivity index (χ2n) is 7.51. The average molecular weight is 490 g/mol. The van der Waals surface area contributed by atoms with Crippen molar-refractivity contribution >= 4 is 35.2 Å². The quantitative estimate of drug-likeness (QED) is 0.331. The molecule has 0 N–H and O–H groups in total.